The highest BCUT2D eigenvalue weighted by molar-refractivity contribution is 6.83. The van der Waals surface area contributed by atoms with Gasteiger partial charge in [-0.1, -0.05) is 115 Å². The van der Waals surface area contributed by atoms with E-state index in [0.717, 1.165) is 45.9 Å². The average Bonchev–Trinajstić information content (AvgIpc) is 3.50. The SMILES string of the molecule is C1=CC=C2C=C3C(=CC(=C1)C2)N(c1ccccc1)B(c1cccc(-c2nc4ccccc4n2-c2ccccc2)c1)N3c1ccccc1. The lowest BCUT2D eigenvalue weighted by molar-refractivity contribution is 1.10. The third kappa shape index (κ3) is 4.76. The number of para-hydroxylation sites is 5. The van der Waals surface area contributed by atoms with Crippen LogP contribution in [-0.4, -0.2) is 16.5 Å². The molecule has 0 amide bonds. The number of fused-ring (bicyclic) bond motifs is 4. The number of benzene rings is 5. The molecule has 1 aliphatic heterocycles. The predicted molar refractivity (Wildman–Crippen MR) is 196 cm³/mol. The fraction of sp³-hybridized carbons (Fsp3) is 0.0238. The Morgan fingerprint density at radius 1 is 0.532 bits per heavy atom. The Balaban J connectivity index is 1.28. The molecule has 2 heterocycles. The molecule has 1 saturated heterocycles. The number of allylic oxidation sites excluding steroid dienone is 8. The van der Waals surface area contributed by atoms with E-state index in [9.17, 15) is 0 Å². The smallest absolute Gasteiger partial charge is 0.360 e. The Morgan fingerprint density at radius 2 is 1.09 bits per heavy atom. The summed E-state index contributed by atoms with van der Waals surface area (Å²) in [6, 6.07) is 49.4. The molecule has 4 nitrogen and oxygen atoms in total. The topological polar surface area (TPSA) is 24.3 Å². The van der Waals surface area contributed by atoms with Crippen LogP contribution in [0.4, 0.5) is 11.4 Å². The molecular formula is C42H31BN4. The quantitative estimate of drug-likeness (QED) is 0.184. The van der Waals surface area contributed by atoms with E-state index < -0.39 is 0 Å². The maximum absolute atomic E-state index is 5.21. The van der Waals surface area contributed by atoms with Crippen molar-refractivity contribution in [2.24, 2.45) is 0 Å². The Morgan fingerprint density at radius 3 is 1.70 bits per heavy atom. The number of rotatable bonds is 5. The maximum atomic E-state index is 5.21. The molecule has 1 fully saturated rings. The van der Waals surface area contributed by atoms with Crippen molar-refractivity contribution in [2.45, 2.75) is 6.42 Å². The first-order valence-corrected chi connectivity index (χ1v) is 16.1. The van der Waals surface area contributed by atoms with Crippen LogP contribution in [0.3, 0.4) is 0 Å². The number of aromatic nitrogens is 2. The lowest BCUT2D eigenvalue weighted by atomic mass is 9.64. The van der Waals surface area contributed by atoms with Crippen LogP contribution >= 0.6 is 0 Å². The standard InChI is InChI=1S/C42H31BN4/c1-4-19-35(20-5-1)45-39-26-13-12-25-38(39)44-42(45)33-17-14-18-34(30-33)43-46(36-21-6-2-7-22-36)40-28-31-15-10-11-16-32(27-31)29-41(40)47(43)37-23-8-3-9-24-37/h1-26,28-30H,27H2. The van der Waals surface area contributed by atoms with E-state index in [2.05, 4.69) is 190 Å². The Kier molecular flexibility index (Phi) is 6.60. The number of hydrogen-bond acceptors (Lipinski definition) is 3. The minimum atomic E-state index is -0.138. The van der Waals surface area contributed by atoms with Crippen molar-refractivity contribution in [3.05, 3.63) is 199 Å². The Labute approximate surface area is 275 Å². The van der Waals surface area contributed by atoms with Gasteiger partial charge in [0, 0.05) is 22.6 Å². The summed E-state index contributed by atoms with van der Waals surface area (Å²) in [6.45, 7) is -0.138. The second kappa shape index (κ2) is 11.4. The van der Waals surface area contributed by atoms with Gasteiger partial charge in [-0.2, -0.15) is 0 Å². The van der Waals surface area contributed by atoms with Crippen molar-refractivity contribution < 1.29 is 0 Å². The number of nitrogens with zero attached hydrogens (tertiary/aromatic N) is 4. The van der Waals surface area contributed by atoms with Crippen LogP contribution in [0.2, 0.25) is 0 Å². The van der Waals surface area contributed by atoms with Crippen LogP contribution in [0.1, 0.15) is 6.42 Å². The first-order chi connectivity index (χ1) is 23.3. The van der Waals surface area contributed by atoms with Crippen LogP contribution in [0.25, 0.3) is 28.1 Å². The number of hydrogen-bond donors (Lipinski definition) is 0. The molecule has 0 atom stereocenters. The molecule has 9 rings (SSSR count). The Hall–Kier alpha value is -6.07. The molecule has 222 valence electrons. The van der Waals surface area contributed by atoms with E-state index >= 15 is 0 Å². The Bertz CT molecular complexity index is 2200. The van der Waals surface area contributed by atoms with Crippen LogP contribution in [0.5, 0.6) is 0 Å². The maximum Gasteiger partial charge on any atom is 0.420 e. The first-order valence-electron chi connectivity index (χ1n) is 16.1. The van der Waals surface area contributed by atoms with Gasteiger partial charge in [0.25, 0.3) is 0 Å². The lowest BCUT2D eigenvalue weighted by Gasteiger charge is -2.29. The predicted octanol–water partition coefficient (Wildman–Crippen LogP) is 9.01. The molecule has 0 radical (unpaired) electrons. The van der Waals surface area contributed by atoms with Gasteiger partial charge < -0.3 is 9.62 Å². The molecule has 0 spiro atoms. The van der Waals surface area contributed by atoms with Crippen LogP contribution in [0, 0.1) is 0 Å². The summed E-state index contributed by atoms with van der Waals surface area (Å²) in [7, 11) is 0. The third-order valence-corrected chi connectivity index (χ3v) is 9.14. The van der Waals surface area contributed by atoms with Gasteiger partial charge in [0.05, 0.1) is 22.4 Å². The molecule has 2 aliphatic carbocycles. The molecule has 6 aromatic rings. The van der Waals surface area contributed by atoms with Crippen molar-refractivity contribution in [3.63, 3.8) is 0 Å². The zero-order valence-corrected chi connectivity index (χ0v) is 25.8. The van der Waals surface area contributed by atoms with Crippen molar-refractivity contribution in [1.82, 2.24) is 9.55 Å². The number of imidazole rings is 1. The summed E-state index contributed by atoms with van der Waals surface area (Å²) in [5.41, 5.74) is 12.7. The minimum absolute atomic E-state index is 0.138. The molecular weight excluding hydrogens is 571 g/mol. The molecule has 3 aliphatic rings. The summed E-state index contributed by atoms with van der Waals surface area (Å²) in [5.74, 6) is 0.926. The molecule has 1 aromatic heterocycles. The van der Waals surface area contributed by atoms with E-state index in [1.165, 1.54) is 28.0 Å². The minimum Gasteiger partial charge on any atom is -0.360 e. The zero-order valence-electron chi connectivity index (χ0n) is 25.8. The van der Waals surface area contributed by atoms with Gasteiger partial charge in [0.2, 0.25) is 0 Å². The highest BCUT2D eigenvalue weighted by atomic mass is 15.3. The van der Waals surface area contributed by atoms with Gasteiger partial charge in [-0.15, -0.1) is 0 Å². The van der Waals surface area contributed by atoms with Crippen molar-refractivity contribution in [3.8, 4) is 17.1 Å². The van der Waals surface area contributed by atoms with Gasteiger partial charge in [-0.05, 0) is 83.7 Å². The monoisotopic (exact) mass is 602 g/mol. The second-order valence-electron chi connectivity index (χ2n) is 12.1. The molecule has 0 unspecified atom stereocenters. The van der Waals surface area contributed by atoms with E-state index in [4.69, 9.17) is 4.98 Å². The van der Waals surface area contributed by atoms with Crippen molar-refractivity contribution in [2.75, 3.05) is 9.62 Å². The van der Waals surface area contributed by atoms with Crippen molar-refractivity contribution in [1.29, 1.82) is 0 Å². The van der Waals surface area contributed by atoms with Gasteiger partial charge >= 0.3 is 6.98 Å². The normalized spacial score (nSPS) is 15.4. The highest BCUT2D eigenvalue weighted by Gasteiger charge is 2.46. The van der Waals surface area contributed by atoms with Crippen LogP contribution < -0.4 is 15.1 Å². The fourth-order valence-electron chi connectivity index (χ4n) is 7.11. The van der Waals surface area contributed by atoms with Crippen LogP contribution in [0.15, 0.2) is 199 Å². The van der Waals surface area contributed by atoms with Gasteiger partial charge in [-0.3, -0.25) is 4.57 Å². The molecule has 5 aromatic carbocycles. The van der Waals surface area contributed by atoms with E-state index in [-0.39, 0.29) is 6.98 Å². The summed E-state index contributed by atoms with van der Waals surface area (Å²) in [4.78, 5) is 10.2. The van der Waals surface area contributed by atoms with Gasteiger partial charge in [-0.25, -0.2) is 4.98 Å². The lowest BCUT2D eigenvalue weighted by Crippen LogP contribution is -2.53. The van der Waals surface area contributed by atoms with Gasteiger partial charge in [0.15, 0.2) is 0 Å². The number of anilines is 2. The van der Waals surface area contributed by atoms with Gasteiger partial charge in [0.1, 0.15) is 5.82 Å². The fourth-order valence-corrected chi connectivity index (χ4v) is 7.11. The van der Waals surface area contributed by atoms with E-state index in [1.807, 2.05) is 0 Å². The average molecular weight is 603 g/mol. The summed E-state index contributed by atoms with van der Waals surface area (Å²) in [5, 5.41) is 0. The summed E-state index contributed by atoms with van der Waals surface area (Å²) >= 11 is 0. The highest BCUT2D eigenvalue weighted by Crippen LogP contribution is 2.42. The van der Waals surface area contributed by atoms with E-state index in [0.29, 0.717) is 0 Å². The third-order valence-electron chi connectivity index (χ3n) is 9.14. The molecule has 2 bridgehead atoms. The van der Waals surface area contributed by atoms with Crippen molar-refractivity contribution >= 4 is 34.9 Å². The molecule has 0 saturated carbocycles. The largest absolute Gasteiger partial charge is 0.420 e. The second-order valence-corrected chi connectivity index (χ2v) is 12.1. The summed E-state index contributed by atoms with van der Waals surface area (Å²) < 4.78 is 2.28. The van der Waals surface area contributed by atoms with Crippen LogP contribution in [-0.2, 0) is 0 Å². The molecule has 47 heavy (non-hydrogen) atoms. The first kappa shape index (κ1) is 27.3. The molecule has 5 heteroatoms. The summed E-state index contributed by atoms with van der Waals surface area (Å²) in [6.07, 6.45) is 14.4. The van der Waals surface area contributed by atoms with E-state index in [1.54, 1.807) is 0 Å². The zero-order chi connectivity index (χ0) is 31.2. The molecule has 0 N–H and O–H groups in total.